The van der Waals surface area contributed by atoms with Gasteiger partial charge in [-0.1, -0.05) is 11.6 Å². The molecule has 0 aromatic rings. The number of aldehydes is 1. The van der Waals surface area contributed by atoms with E-state index in [1.54, 1.807) is 0 Å². The van der Waals surface area contributed by atoms with E-state index in [1.165, 1.54) is 31.3 Å². The Morgan fingerprint density at radius 1 is 1.21 bits per heavy atom. The first-order valence-corrected chi connectivity index (χ1v) is 5.81. The van der Waals surface area contributed by atoms with Crippen LogP contribution in [0.2, 0.25) is 0 Å². The van der Waals surface area contributed by atoms with Gasteiger partial charge in [-0.2, -0.15) is 0 Å². The van der Waals surface area contributed by atoms with Crippen LogP contribution in [0.1, 0.15) is 52.4 Å². The maximum atomic E-state index is 10.6. The predicted molar refractivity (Wildman–Crippen MR) is 60.2 cm³/mol. The first-order valence-electron chi connectivity index (χ1n) is 5.81. The zero-order valence-corrected chi connectivity index (χ0v) is 9.46. The van der Waals surface area contributed by atoms with Gasteiger partial charge < -0.3 is 4.79 Å². The first-order chi connectivity index (χ1) is 6.72. The molecule has 0 bridgehead atoms. The molecule has 1 saturated carbocycles. The van der Waals surface area contributed by atoms with Crippen LogP contribution >= 0.6 is 0 Å². The Kier molecular flexibility index (Phi) is 4.92. The third kappa shape index (κ3) is 4.08. The van der Waals surface area contributed by atoms with Crippen molar-refractivity contribution in [2.24, 2.45) is 11.8 Å². The highest BCUT2D eigenvalue weighted by Gasteiger charge is 2.19. The van der Waals surface area contributed by atoms with Crippen molar-refractivity contribution < 1.29 is 4.79 Å². The van der Waals surface area contributed by atoms with Crippen LogP contribution in [-0.4, -0.2) is 6.29 Å². The van der Waals surface area contributed by atoms with Crippen LogP contribution in [0.25, 0.3) is 0 Å². The van der Waals surface area contributed by atoms with Crippen molar-refractivity contribution in [2.45, 2.75) is 52.4 Å². The summed E-state index contributed by atoms with van der Waals surface area (Å²) in [5, 5.41) is 0. The molecule has 0 amide bonds. The van der Waals surface area contributed by atoms with Gasteiger partial charge in [0.05, 0.1) is 0 Å². The Hall–Kier alpha value is -0.590. The van der Waals surface area contributed by atoms with Crippen LogP contribution in [0.3, 0.4) is 0 Å². The standard InChI is InChI=1S/C13H22O/c1-11(2)4-3-5-12-6-8-13(10-14)9-7-12/h4,10,12-13H,3,5-9H2,1-2H3. The van der Waals surface area contributed by atoms with E-state index < -0.39 is 0 Å². The molecule has 1 nitrogen and oxygen atoms in total. The molecule has 1 aliphatic rings. The number of rotatable bonds is 4. The summed E-state index contributed by atoms with van der Waals surface area (Å²) in [6, 6.07) is 0. The molecule has 0 atom stereocenters. The number of carbonyl (C=O) groups excluding carboxylic acids is 1. The molecule has 1 rings (SSSR count). The van der Waals surface area contributed by atoms with E-state index in [1.807, 2.05) is 0 Å². The van der Waals surface area contributed by atoms with E-state index in [9.17, 15) is 4.79 Å². The Morgan fingerprint density at radius 3 is 2.36 bits per heavy atom. The van der Waals surface area contributed by atoms with Crippen molar-refractivity contribution in [1.29, 1.82) is 0 Å². The Bertz CT molecular complexity index is 193. The quantitative estimate of drug-likeness (QED) is 0.492. The monoisotopic (exact) mass is 194 g/mol. The molecule has 1 fully saturated rings. The van der Waals surface area contributed by atoms with Crippen molar-refractivity contribution in [2.75, 3.05) is 0 Å². The van der Waals surface area contributed by atoms with Crippen molar-refractivity contribution in [1.82, 2.24) is 0 Å². The second kappa shape index (κ2) is 6.00. The highest BCUT2D eigenvalue weighted by atomic mass is 16.1. The Balaban J connectivity index is 2.16. The van der Waals surface area contributed by atoms with Gasteiger partial charge in [0, 0.05) is 5.92 Å². The summed E-state index contributed by atoms with van der Waals surface area (Å²) < 4.78 is 0. The van der Waals surface area contributed by atoms with Gasteiger partial charge in [-0.15, -0.1) is 0 Å². The summed E-state index contributed by atoms with van der Waals surface area (Å²) in [4.78, 5) is 10.6. The highest BCUT2D eigenvalue weighted by Crippen LogP contribution is 2.30. The first kappa shape index (κ1) is 11.5. The van der Waals surface area contributed by atoms with Crippen LogP contribution in [0.4, 0.5) is 0 Å². The fourth-order valence-electron chi connectivity index (χ4n) is 2.22. The van der Waals surface area contributed by atoms with Gasteiger partial charge in [0.2, 0.25) is 0 Å². The van der Waals surface area contributed by atoms with Gasteiger partial charge in [-0.05, 0) is 58.3 Å². The molecular weight excluding hydrogens is 172 g/mol. The summed E-state index contributed by atoms with van der Waals surface area (Å²) in [5.74, 6) is 1.25. The second-order valence-electron chi connectivity index (χ2n) is 4.78. The summed E-state index contributed by atoms with van der Waals surface area (Å²) in [5.41, 5.74) is 1.42. The zero-order chi connectivity index (χ0) is 10.4. The van der Waals surface area contributed by atoms with E-state index in [4.69, 9.17) is 0 Å². The van der Waals surface area contributed by atoms with Crippen molar-refractivity contribution >= 4 is 6.29 Å². The minimum atomic E-state index is 0.370. The van der Waals surface area contributed by atoms with Gasteiger partial charge in [0.15, 0.2) is 0 Å². The average molecular weight is 194 g/mol. The van der Waals surface area contributed by atoms with E-state index in [2.05, 4.69) is 19.9 Å². The predicted octanol–water partition coefficient (Wildman–Crippen LogP) is 3.74. The van der Waals surface area contributed by atoms with Crippen LogP contribution in [-0.2, 0) is 4.79 Å². The normalized spacial score (nSPS) is 27.0. The summed E-state index contributed by atoms with van der Waals surface area (Å²) in [6.07, 6.45) is 10.8. The van der Waals surface area contributed by atoms with Gasteiger partial charge in [0.25, 0.3) is 0 Å². The lowest BCUT2D eigenvalue weighted by Gasteiger charge is -2.24. The topological polar surface area (TPSA) is 17.1 Å². The minimum absolute atomic E-state index is 0.370. The molecule has 0 heterocycles. The molecule has 0 spiro atoms. The SMILES string of the molecule is CC(C)=CCCC1CCC(C=O)CC1. The van der Waals surface area contributed by atoms with Gasteiger partial charge >= 0.3 is 0 Å². The number of hydrogen-bond acceptors (Lipinski definition) is 1. The minimum Gasteiger partial charge on any atom is -0.303 e. The van der Waals surface area contributed by atoms with E-state index in [0.717, 1.165) is 25.0 Å². The van der Waals surface area contributed by atoms with Gasteiger partial charge in [0.1, 0.15) is 6.29 Å². The van der Waals surface area contributed by atoms with Gasteiger partial charge in [-0.3, -0.25) is 0 Å². The number of hydrogen-bond donors (Lipinski definition) is 0. The average Bonchev–Trinajstić information content (AvgIpc) is 2.18. The molecule has 14 heavy (non-hydrogen) atoms. The van der Waals surface area contributed by atoms with Crippen molar-refractivity contribution in [3.05, 3.63) is 11.6 Å². The van der Waals surface area contributed by atoms with Gasteiger partial charge in [-0.25, -0.2) is 0 Å². The number of carbonyl (C=O) groups is 1. The summed E-state index contributed by atoms with van der Waals surface area (Å²) in [7, 11) is 0. The smallest absolute Gasteiger partial charge is 0.123 e. The van der Waals surface area contributed by atoms with E-state index in [0.29, 0.717) is 5.92 Å². The molecule has 1 heteroatoms. The molecule has 0 aromatic carbocycles. The molecular formula is C13H22O. The lowest BCUT2D eigenvalue weighted by atomic mass is 9.80. The van der Waals surface area contributed by atoms with Crippen LogP contribution in [0, 0.1) is 11.8 Å². The van der Waals surface area contributed by atoms with Crippen molar-refractivity contribution in [3.63, 3.8) is 0 Å². The molecule has 0 aromatic heterocycles. The Morgan fingerprint density at radius 2 is 1.86 bits per heavy atom. The zero-order valence-electron chi connectivity index (χ0n) is 9.46. The molecule has 0 saturated heterocycles. The van der Waals surface area contributed by atoms with Crippen LogP contribution in [0.15, 0.2) is 11.6 Å². The molecule has 1 aliphatic carbocycles. The number of allylic oxidation sites excluding steroid dienone is 2. The summed E-state index contributed by atoms with van der Waals surface area (Å²) >= 11 is 0. The lowest BCUT2D eigenvalue weighted by Crippen LogP contribution is -2.15. The van der Waals surface area contributed by atoms with Crippen LogP contribution < -0.4 is 0 Å². The van der Waals surface area contributed by atoms with Crippen LogP contribution in [0.5, 0.6) is 0 Å². The molecule has 0 N–H and O–H groups in total. The van der Waals surface area contributed by atoms with E-state index in [-0.39, 0.29) is 0 Å². The fraction of sp³-hybridized carbons (Fsp3) is 0.769. The molecule has 80 valence electrons. The third-order valence-corrected chi connectivity index (χ3v) is 3.21. The maximum absolute atomic E-state index is 10.6. The lowest BCUT2D eigenvalue weighted by molar-refractivity contribution is -0.112. The summed E-state index contributed by atoms with van der Waals surface area (Å²) in [6.45, 7) is 4.31. The molecule has 0 radical (unpaired) electrons. The van der Waals surface area contributed by atoms with Crippen molar-refractivity contribution in [3.8, 4) is 0 Å². The molecule has 0 unspecified atom stereocenters. The fourth-order valence-corrected chi connectivity index (χ4v) is 2.22. The third-order valence-electron chi connectivity index (χ3n) is 3.21. The largest absolute Gasteiger partial charge is 0.303 e. The second-order valence-corrected chi connectivity index (χ2v) is 4.78. The highest BCUT2D eigenvalue weighted by molar-refractivity contribution is 5.53. The molecule has 0 aliphatic heterocycles. The van der Waals surface area contributed by atoms with E-state index >= 15 is 0 Å². The Labute approximate surface area is 87.6 Å². The maximum Gasteiger partial charge on any atom is 0.123 e.